The molecule has 0 saturated carbocycles. The zero-order valence-corrected chi connectivity index (χ0v) is 14.4. The first-order valence-corrected chi connectivity index (χ1v) is 8.28. The number of aliphatic imine (C=N–C) groups is 1. The maximum Gasteiger partial charge on any atom is 0.212 e. The molecule has 0 aromatic heterocycles. The van der Waals surface area contributed by atoms with Gasteiger partial charge in [-0.05, 0) is 43.2 Å². The third-order valence-corrected chi connectivity index (χ3v) is 5.37. The Balaban J connectivity index is 1.81. The monoisotopic (exact) mass is 330 g/mol. The van der Waals surface area contributed by atoms with E-state index in [2.05, 4.69) is 11.1 Å². The van der Waals surface area contributed by atoms with Crippen molar-refractivity contribution in [3.8, 4) is 6.07 Å². The van der Waals surface area contributed by atoms with Crippen molar-refractivity contribution in [2.75, 3.05) is 11.4 Å². The molecule has 1 N–H and O–H groups in total. The summed E-state index contributed by atoms with van der Waals surface area (Å²) in [5.41, 5.74) is 3.82. The summed E-state index contributed by atoms with van der Waals surface area (Å²) >= 11 is 0. The van der Waals surface area contributed by atoms with Crippen LogP contribution in [0.4, 0.5) is 5.69 Å². The van der Waals surface area contributed by atoms with Crippen molar-refractivity contribution in [2.45, 2.75) is 32.8 Å². The number of hydrogen-bond donors (Lipinski definition) is 1. The summed E-state index contributed by atoms with van der Waals surface area (Å²) in [6, 6.07) is 7.64. The van der Waals surface area contributed by atoms with E-state index in [9.17, 15) is 9.90 Å². The van der Waals surface area contributed by atoms with Gasteiger partial charge in [0.15, 0.2) is 5.60 Å². The maximum atomic E-state index is 13.0. The van der Waals surface area contributed by atoms with E-state index in [0.29, 0.717) is 35.5 Å². The van der Waals surface area contributed by atoms with Gasteiger partial charge < -0.3 is 10.0 Å². The number of carbonyl (C=O) groups is 1. The van der Waals surface area contributed by atoms with Gasteiger partial charge in [0.1, 0.15) is 5.84 Å². The molecule has 3 aliphatic heterocycles. The number of nitrogens with zero attached hydrogens (tertiary/aromatic N) is 3. The normalized spacial score (nSPS) is 24.8. The van der Waals surface area contributed by atoms with E-state index < -0.39 is 5.60 Å². The summed E-state index contributed by atoms with van der Waals surface area (Å²) in [6.45, 7) is 6.23. The molecule has 0 amide bonds. The molecule has 3 aliphatic rings. The molecule has 5 nitrogen and oxygen atoms in total. The van der Waals surface area contributed by atoms with E-state index in [1.807, 2.05) is 45.1 Å². The third kappa shape index (κ3) is 2.06. The van der Waals surface area contributed by atoms with Crippen molar-refractivity contribution < 1.29 is 9.90 Å². The van der Waals surface area contributed by atoms with Crippen molar-refractivity contribution in [2.24, 2.45) is 4.99 Å². The van der Waals surface area contributed by atoms with Crippen molar-refractivity contribution >= 4 is 24.6 Å². The molecule has 3 heterocycles. The molecular formula is C19H17BN3O2. The first kappa shape index (κ1) is 15.9. The fraction of sp³-hybridized carbons (Fsp3) is 0.316. The Bertz CT molecular complexity index is 967. The Labute approximate surface area is 147 Å². The third-order valence-electron chi connectivity index (χ3n) is 5.37. The van der Waals surface area contributed by atoms with Gasteiger partial charge in [0.05, 0.1) is 11.6 Å². The van der Waals surface area contributed by atoms with E-state index >= 15 is 0 Å². The lowest BCUT2D eigenvalue weighted by molar-refractivity contribution is -0.127. The average Bonchev–Trinajstić information content (AvgIpc) is 3.06. The molecule has 0 bridgehead atoms. The summed E-state index contributed by atoms with van der Waals surface area (Å²) in [7, 11) is 1.90. The predicted molar refractivity (Wildman–Crippen MR) is 96.4 cm³/mol. The Morgan fingerprint density at radius 2 is 2.12 bits per heavy atom. The number of amidine groups is 1. The smallest absolute Gasteiger partial charge is 0.212 e. The number of rotatable bonds is 1. The lowest BCUT2D eigenvalue weighted by Gasteiger charge is -2.30. The van der Waals surface area contributed by atoms with Gasteiger partial charge in [-0.1, -0.05) is 12.4 Å². The molecule has 1 radical (unpaired) electrons. The Morgan fingerprint density at radius 1 is 1.36 bits per heavy atom. The molecule has 1 atom stereocenters. The van der Waals surface area contributed by atoms with Gasteiger partial charge in [-0.25, -0.2) is 4.99 Å². The number of hydrogen-bond acceptors (Lipinski definition) is 5. The Morgan fingerprint density at radius 3 is 2.80 bits per heavy atom. The van der Waals surface area contributed by atoms with Gasteiger partial charge in [-0.3, -0.25) is 4.79 Å². The number of nitriles is 1. The van der Waals surface area contributed by atoms with Crippen molar-refractivity contribution in [3.63, 3.8) is 0 Å². The fourth-order valence-corrected chi connectivity index (χ4v) is 3.75. The van der Waals surface area contributed by atoms with Crippen molar-refractivity contribution in [1.29, 1.82) is 5.26 Å². The molecule has 123 valence electrons. The van der Waals surface area contributed by atoms with Crippen LogP contribution in [-0.2, 0) is 4.79 Å². The molecule has 0 spiro atoms. The number of allylic oxidation sites excluding steroid dienone is 2. The van der Waals surface area contributed by atoms with Crippen molar-refractivity contribution in [3.05, 3.63) is 51.5 Å². The first-order chi connectivity index (χ1) is 11.9. The van der Waals surface area contributed by atoms with E-state index in [1.54, 1.807) is 6.07 Å². The second-order valence-electron chi connectivity index (χ2n) is 6.85. The highest BCUT2D eigenvalue weighted by Gasteiger charge is 2.54. The summed E-state index contributed by atoms with van der Waals surface area (Å²) in [6.07, 6.45) is 0.312. The number of aliphatic hydroxyl groups is 1. The standard InChI is InChI=1S/C19H17BN3O2/c1-10-8-14(5-4-13(10)9-21)23-7-6-19(25)16(24)15-11(2)12(3)20-17(15)22-18(19)23/h4-5,8,25H,6-7H2,1-3H3/t19-/m1/s1. The highest BCUT2D eigenvalue weighted by atomic mass is 16.3. The largest absolute Gasteiger partial charge is 0.374 e. The van der Waals surface area contributed by atoms with Crippen LogP contribution in [0, 0.1) is 18.3 Å². The zero-order chi connectivity index (χ0) is 17.9. The summed E-state index contributed by atoms with van der Waals surface area (Å²) < 4.78 is 0. The molecule has 4 rings (SSSR count). The average molecular weight is 330 g/mol. The molecule has 1 aromatic rings. The van der Waals surface area contributed by atoms with Crippen LogP contribution in [0.5, 0.6) is 0 Å². The molecule has 1 saturated heterocycles. The highest BCUT2D eigenvalue weighted by Crippen LogP contribution is 2.41. The van der Waals surface area contributed by atoms with Gasteiger partial charge >= 0.3 is 0 Å². The van der Waals surface area contributed by atoms with Gasteiger partial charge in [0, 0.05) is 29.8 Å². The van der Waals surface area contributed by atoms with Crippen LogP contribution in [0.1, 0.15) is 31.4 Å². The highest BCUT2D eigenvalue weighted by molar-refractivity contribution is 6.58. The SMILES string of the molecule is CC1=C(C)C2=C([B]1)N=C1N(c3ccc(C#N)c(C)c3)CC[C@@]1(O)C2=O. The minimum absolute atomic E-state index is 0.258. The lowest BCUT2D eigenvalue weighted by atomic mass is 9.69. The Hall–Kier alpha value is -2.65. The molecule has 25 heavy (non-hydrogen) atoms. The van der Waals surface area contributed by atoms with Crippen LogP contribution in [0.3, 0.4) is 0 Å². The topological polar surface area (TPSA) is 76.7 Å². The second kappa shape index (κ2) is 5.17. The zero-order valence-electron chi connectivity index (χ0n) is 14.4. The van der Waals surface area contributed by atoms with Crippen LogP contribution >= 0.6 is 0 Å². The molecule has 6 heteroatoms. The number of benzene rings is 1. The lowest BCUT2D eigenvalue weighted by Crippen LogP contribution is -2.50. The van der Waals surface area contributed by atoms with Crippen LogP contribution < -0.4 is 4.90 Å². The maximum absolute atomic E-state index is 13.0. The number of ketones is 1. The fourth-order valence-electron chi connectivity index (χ4n) is 3.75. The molecule has 1 fully saturated rings. The predicted octanol–water partition coefficient (Wildman–Crippen LogP) is 2.01. The van der Waals surface area contributed by atoms with E-state index in [1.165, 1.54) is 0 Å². The van der Waals surface area contributed by atoms with Crippen LogP contribution in [0.2, 0.25) is 0 Å². The summed E-state index contributed by atoms with van der Waals surface area (Å²) in [5, 5.41) is 20.2. The number of carbonyl (C=O) groups excluding carboxylic acids is 1. The number of Topliss-reactive ketones (excluding diaryl/α,β-unsaturated/α-hetero) is 1. The summed E-state index contributed by atoms with van der Waals surface area (Å²) in [5.74, 6) is 0.130. The minimum atomic E-state index is -1.57. The number of aryl methyl sites for hydroxylation is 1. The first-order valence-electron chi connectivity index (χ1n) is 8.28. The molecular weight excluding hydrogens is 313 g/mol. The van der Waals surface area contributed by atoms with Gasteiger partial charge in [-0.2, -0.15) is 5.26 Å². The summed E-state index contributed by atoms with van der Waals surface area (Å²) in [4.78, 5) is 19.5. The van der Waals surface area contributed by atoms with Crippen molar-refractivity contribution in [1.82, 2.24) is 0 Å². The van der Waals surface area contributed by atoms with E-state index in [4.69, 9.17) is 5.26 Å². The van der Waals surface area contributed by atoms with Gasteiger partial charge in [-0.15, -0.1) is 0 Å². The van der Waals surface area contributed by atoms with Crippen LogP contribution in [0.15, 0.2) is 45.4 Å². The van der Waals surface area contributed by atoms with Crippen LogP contribution in [0.25, 0.3) is 0 Å². The van der Waals surface area contributed by atoms with Crippen LogP contribution in [-0.4, -0.2) is 36.2 Å². The second-order valence-corrected chi connectivity index (χ2v) is 6.85. The quantitative estimate of drug-likeness (QED) is 0.799. The van der Waals surface area contributed by atoms with E-state index in [0.717, 1.165) is 22.3 Å². The van der Waals surface area contributed by atoms with Gasteiger partial charge in [0.2, 0.25) is 13.1 Å². The number of anilines is 1. The Kier molecular flexibility index (Phi) is 3.28. The molecule has 0 aliphatic carbocycles. The molecule has 0 unspecified atom stereocenters. The molecule has 1 aromatic carbocycles. The number of fused-ring (bicyclic) bond motifs is 1. The minimum Gasteiger partial charge on any atom is -0.374 e. The van der Waals surface area contributed by atoms with Gasteiger partial charge in [0.25, 0.3) is 0 Å². The van der Waals surface area contributed by atoms with E-state index in [-0.39, 0.29) is 5.78 Å².